The molecule has 0 aliphatic carbocycles. The van der Waals surface area contributed by atoms with E-state index in [4.69, 9.17) is 4.74 Å². The molecule has 3 nitrogen and oxygen atoms in total. The number of hydrogen-bond donors (Lipinski definition) is 1. The molecule has 21 heavy (non-hydrogen) atoms. The lowest BCUT2D eigenvalue weighted by Crippen LogP contribution is -2.52. The van der Waals surface area contributed by atoms with E-state index >= 15 is 0 Å². The molecule has 2 unspecified atom stereocenters. The number of piperazine rings is 1. The summed E-state index contributed by atoms with van der Waals surface area (Å²) in [4.78, 5) is 2.64. The monoisotopic (exact) mass is 290 g/mol. The van der Waals surface area contributed by atoms with Crippen LogP contribution < -0.4 is 5.32 Å². The number of ether oxygens (including phenoxy) is 1. The number of nitrogens with one attached hydrogen (secondary N) is 1. The molecule has 1 aromatic carbocycles. The zero-order valence-corrected chi connectivity index (χ0v) is 13.6. The second-order valence-corrected chi connectivity index (χ2v) is 5.89. The van der Waals surface area contributed by atoms with Gasteiger partial charge in [0.15, 0.2) is 0 Å². The first-order valence-electron chi connectivity index (χ1n) is 8.45. The third-order valence-electron chi connectivity index (χ3n) is 4.29. The summed E-state index contributed by atoms with van der Waals surface area (Å²) in [5.74, 6) is 0. The lowest BCUT2D eigenvalue weighted by molar-refractivity contribution is 0.0909. The molecular weight excluding hydrogens is 260 g/mol. The van der Waals surface area contributed by atoms with Crippen molar-refractivity contribution in [3.05, 3.63) is 35.9 Å². The Labute approximate surface area is 129 Å². The summed E-state index contributed by atoms with van der Waals surface area (Å²) in [5, 5.41) is 3.70. The van der Waals surface area contributed by atoms with Crippen LogP contribution >= 0.6 is 0 Å². The lowest BCUT2D eigenvalue weighted by atomic mass is 10.0. The van der Waals surface area contributed by atoms with Crippen LogP contribution in [0.15, 0.2) is 30.3 Å². The molecule has 0 amide bonds. The van der Waals surface area contributed by atoms with Gasteiger partial charge in [0.2, 0.25) is 0 Å². The van der Waals surface area contributed by atoms with Crippen LogP contribution in [0, 0.1) is 0 Å². The van der Waals surface area contributed by atoms with E-state index in [1.807, 2.05) is 0 Å². The standard InChI is InChI=1S/C18H30N2O/c1-3-12-21-13-8-11-20-15-18(19-14-17(20)4-2)16-9-6-5-7-10-16/h5-7,9-10,17-19H,3-4,8,11-15H2,1-2H3. The van der Waals surface area contributed by atoms with Crippen LogP contribution in [-0.2, 0) is 4.74 Å². The van der Waals surface area contributed by atoms with Crippen LogP contribution in [0.1, 0.15) is 44.7 Å². The predicted molar refractivity (Wildman–Crippen MR) is 88.6 cm³/mol. The molecule has 2 atom stereocenters. The van der Waals surface area contributed by atoms with E-state index in [0.29, 0.717) is 12.1 Å². The highest BCUT2D eigenvalue weighted by molar-refractivity contribution is 5.20. The summed E-state index contributed by atoms with van der Waals surface area (Å²) in [5.41, 5.74) is 1.40. The molecule has 1 fully saturated rings. The quantitative estimate of drug-likeness (QED) is 0.744. The molecule has 1 aliphatic rings. The second-order valence-electron chi connectivity index (χ2n) is 5.89. The van der Waals surface area contributed by atoms with Gasteiger partial charge in [0.05, 0.1) is 0 Å². The Morgan fingerprint density at radius 2 is 2.00 bits per heavy atom. The highest BCUT2D eigenvalue weighted by Crippen LogP contribution is 2.21. The first-order valence-corrected chi connectivity index (χ1v) is 8.45. The van der Waals surface area contributed by atoms with Crippen molar-refractivity contribution < 1.29 is 4.74 Å². The second kappa shape index (κ2) is 9.19. The summed E-state index contributed by atoms with van der Waals surface area (Å²) in [7, 11) is 0. The van der Waals surface area contributed by atoms with Gasteiger partial charge in [-0.25, -0.2) is 0 Å². The summed E-state index contributed by atoms with van der Waals surface area (Å²) in [6, 6.07) is 11.9. The van der Waals surface area contributed by atoms with E-state index in [1.165, 1.54) is 12.0 Å². The normalized spacial score (nSPS) is 23.3. The molecule has 0 radical (unpaired) electrons. The molecule has 1 N–H and O–H groups in total. The highest BCUT2D eigenvalue weighted by Gasteiger charge is 2.26. The number of nitrogens with zero attached hydrogens (tertiary/aromatic N) is 1. The molecule has 1 aliphatic heterocycles. The molecule has 1 saturated heterocycles. The van der Waals surface area contributed by atoms with Gasteiger partial charge in [-0.3, -0.25) is 4.90 Å². The van der Waals surface area contributed by atoms with E-state index in [9.17, 15) is 0 Å². The third kappa shape index (κ3) is 5.10. The predicted octanol–water partition coefficient (Wildman–Crippen LogP) is 3.23. The van der Waals surface area contributed by atoms with E-state index in [1.54, 1.807) is 0 Å². The smallest absolute Gasteiger partial charge is 0.0478 e. The van der Waals surface area contributed by atoms with Crippen molar-refractivity contribution in [2.24, 2.45) is 0 Å². The minimum Gasteiger partial charge on any atom is -0.381 e. The van der Waals surface area contributed by atoms with E-state index in [-0.39, 0.29) is 0 Å². The topological polar surface area (TPSA) is 24.5 Å². The Hall–Kier alpha value is -0.900. The fourth-order valence-corrected chi connectivity index (χ4v) is 3.06. The zero-order chi connectivity index (χ0) is 14.9. The molecule has 0 aromatic heterocycles. The van der Waals surface area contributed by atoms with Gasteiger partial charge in [-0.1, -0.05) is 44.2 Å². The van der Waals surface area contributed by atoms with Crippen LogP contribution in [0.5, 0.6) is 0 Å². The van der Waals surface area contributed by atoms with Crippen molar-refractivity contribution >= 4 is 0 Å². The van der Waals surface area contributed by atoms with E-state index in [2.05, 4.69) is 54.4 Å². The summed E-state index contributed by atoms with van der Waals surface area (Å²) in [6.45, 7) is 9.58. The van der Waals surface area contributed by atoms with Gasteiger partial charge < -0.3 is 10.1 Å². The summed E-state index contributed by atoms with van der Waals surface area (Å²) in [6.07, 6.45) is 3.46. The van der Waals surface area contributed by atoms with Gasteiger partial charge >= 0.3 is 0 Å². The number of rotatable bonds is 8. The van der Waals surface area contributed by atoms with Crippen LogP contribution in [0.2, 0.25) is 0 Å². The van der Waals surface area contributed by atoms with E-state index in [0.717, 1.165) is 45.7 Å². The number of hydrogen-bond acceptors (Lipinski definition) is 3. The summed E-state index contributed by atoms with van der Waals surface area (Å²) < 4.78 is 5.61. The lowest BCUT2D eigenvalue weighted by Gasteiger charge is -2.40. The number of benzene rings is 1. The van der Waals surface area contributed by atoms with Crippen molar-refractivity contribution in [1.82, 2.24) is 10.2 Å². The van der Waals surface area contributed by atoms with Gasteiger partial charge in [-0.2, -0.15) is 0 Å². The highest BCUT2D eigenvalue weighted by atomic mass is 16.5. The Bertz CT molecular complexity index is 382. The first-order chi connectivity index (χ1) is 10.3. The van der Waals surface area contributed by atoms with Crippen LogP contribution in [0.25, 0.3) is 0 Å². The maximum absolute atomic E-state index is 5.61. The minimum atomic E-state index is 0.463. The van der Waals surface area contributed by atoms with Crippen LogP contribution in [0.4, 0.5) is 0 Å². The largest absolute Gasteiger partial charge is 0.381 e. The first kappa shape index (κ1) is 16.5. The Balaban J connectivity index is 1.84. The SMILES string of the molecule is CCCOCCCN1CC(c2ccccc2)NCC1CC. The van der Waals surface area contributed by atoms with Gasteiger partial charge in [0.1, 0.15) is 0 Å². The molecular formula is C18H30N2O. The van der Waals surface area contributed by atoms with Gasteiger partial charge in [0.25, 0.3) is 0 Å². The third-order valence-corrected chi connectivity index (χ3v) is 4.29. The van der Waals surface area contributed by atoms with Crippen molar-refractivity contribution in [3.63, 3.8) is 0 Å². The Morgan fingerprint density at radius 1 is 1.19 bits per heavy atom. The average Bonchev–Trinajstić information content (AvgIpc) is 2.55. The van der Waals surface area contributed by atoms with Crippen molar-refractivity contribution in [2.45, 2.75) is 45.2 Å². The average molecular weight is 290 g/mol. The molecule has 0 bridgehead atoms. The fraction of sp³-hybridized carbons (Fsp3) is 0.667. The van der Waals surface area contributed by atoms with Gasteiger partial charge in [-0.15, -0.1) is 0 Å². The van der Waals surface area contributed by atoms with Crippen molar-refractivity contribution in [3.8, 4) is 0 Å². The zero-order valence-electron chi connectivity index (χ0n) is 13.6. The Kier molecular flexibility index (Phi) is 7.20. The molecule has 3 heteroatoms. The molecule has 1 heterocycles. The van der Waals surface area contributed by atoms with Crippen LogP contribution in [-0.4, -0.2) is 43.8 Å². The van der Waals surface area contributed by atoms with E-state index < -0.39 is 0 Å². The molecule has 2 rings (SSSR count). The Morgan fingerprint density at radius 3 is 2.71 bits per heavy atom. The fourth-order valence-electron chi connectivity index (χ4n) is 3.06. The molecule has 1 aromatic rings. The maximum Gasteiger partial charge on any atom is 0.0478 e. The van der Waals surface area contributed by atoms with Gasteiger partial charge in [-0.05, 0) is 24.8 Å². The summed E-state index contributed by atoms with van der Waals surface area (Å²) >= 11 is 0. The molecule has 0 spiro atoms. The van der Waals surface area contributed by atoms with Crippen LogP contribution in [0.3, 0.4) is 0 Å². The van der Waals surface area contributed by atoms with Crippen molar-refractivity contribution in [1.29, 1.82) is 0 Å². The maximum atomic E-state index is 5.61. The van der Waals surface area contributed by atoms with Crippen molar-refractivity contribution in [2.75, 3.05) is 32.8 Å². The minimum absolute atomic E-state index is 0.463. The molecule has 118 valence electrons. The molecule has 0 saturated carbocycles. The van der Waals surface area contributed by atoms with Gasteiger partial charge in [0, 0.05) is 44.9 Å².